The molecule has 2 aliphatic heterocycles. The Hall–Kier alpha value is -3.88. The van der Waals surface area contributed by atoms with E-state index in [-0.39, 0.29) is 11.3 Å². The molecule has 198 valence electrons. The number of aryl methyl sites for hydroxylation is 1. The summed E-state index contributed by atoms with van der Waals surface area (Å²) in [7, 11) is 0. The molecule has 1 N–H and O–H groups in total. The lowest BCUT2D eigenvalue weighted by Crippen LogP contribution is -2.38. The second kappa shape index (κ2) is 11.7. The van der Waals surface area contributed by atoms with Gasteiger partial charge in [0.05, 0.1) is 25.1 Å². The van der Waals surface area contributed by atoms with Crippen LogP contribution in [0, 0.1) is 6.92 Å². The van der Waals surface area contributed by atoms with Crippen LogP contribution in [-0.2, 0) is 20.9 Å². The minimum Gasteiger partial charge on any atom is -0.507 e. The fourth-order valence-corrected chi connectivity index (χ4v) is 4.98. The van der Waals surface area contributed by atoms with Gasteiger partial charge in [-0.25, -0.2) is 0 Å². The van der Waals surface area contributed by atoms with Crippen molar-refractivity contribution in [1.29, 1.82) is 0 Å². The van der Waals surface area contributed by atoms with Crippen molar-refractivity contribution in [2.24, 2.45) is 0 Å². The number of furan rings is 1. The third-order valence-electron chi connectivity index (χ3n) is 6.95. The summed E-state index contributed by atoms with van der Waals surface area (Å²) >= 11 is 0. The second-order valence-electron chi connectivity index (χ2n) is 9.62. The number of ether oxygens (including phenoxy) is 2. The van der Waals surface area contributed by atoms with Crippen LogP contribution in [0.4, 0.5) is 0 Å². The van der Waals surface area contributed by atoms with Gasteiger partial charge in [0.15, 0.2) is 0 Å². The Labute approximate surface area is 222 Å². The summed E-state index contributed by atoms with van der Waals surface area (Å²) in [6.07, 6.45) is 2.20. The zero-order chi connectivity index (χ0) is 26.5. The van der Waals surface area contributed by atoms with Gasteiger partial charge in [0, 0.05) is 31.7 Å². The molecule has 8 heteroatoms. The number of aliphatic hydroxyl groups excluding tert-OH is 1. The van der Waals surface area contributed by atoms with E-state index < -0.39 is 17.7 Å². The van der Waals surface area contributed by atoms with Crippen LogP contribution in [0.3, 0.4) is 0 Å². The molecule has 2 aromatic carbocycles. The van der Waals surface area contributed by atoms with Crippen molar-refractivity contribution in [3.05, 3.63) is 95.0 Å². The molecular weight excluding hydrogens is 484 g/mol. The van der Waals surface area contributed by atoms with E-state index in [1.165, 1.54) is 11.2 Å². The Kier molecular flexibility index (Phi) is 7.91. The maximum atomic E-state index is 13.2. The highest BCUT2D eigenvalue weighted by Gasteiger charge is 2.47. The number of aliphatic hydroxyl groups is 1. The predicted molar refractivity (Wildman–Crippen MR) is 142 cm³/mol. The van der Waals surface area contributed by atoms with Gasteiger partial charge in [-0.15, -0.1) is 0 Å². The largest absolute Gasteiger partial charge is 0.507 e. The molecule has 5 rings (SSSR count). The molecule has 2 saturated heterocycles. The lowest BCUT2D eigenvalue weighted by molar-refractivity contribution is -0.140. The number of hydrogen-bond acceptors (Lipinski definition) is 7. The lowest BCUT2D eigenvalue weighted by Gasteiger charge is -2.28. The molecular formula is C30H32N2O6. The summed E-state index contributed by atoms with van der Waals surface area (Å²) in [6.45, 7) is 6.72. The zero-order valence-corrected chi connectivity index (χ0v) is 21.5. The summed E-state index contributed by atoms with van der Waals surface area (Å²) < 4.78 is 16.9. The molecule has 38 heavy (non-hydrogen) atoms. The first kappa shape index (κ1) is 25.8. The summed E-state index contributed by atoms with van der Waals surface area (Å²) in [5.41, 5.74) is 2.68. The summed E-state index contributed by atoms with van der Waals surface area (Å²) in [5, 5.41) is 11.2. The SMILES string of the molecule is Cc1cccc(COc2ccc(C(O)=C3C(=O)C(=O)N(CCCN4CCOCC4)[C@@H]3c3ccco3)cc2)c1. The quantitative estimate of drug-likeness (QED) is 0.257. The third-order valence-corrected chi connectivity index (χ3v) is 6.95. The number of morpholine rings is 1. The van der Waals surface area contributed by atoms with Crippen molar-refractivity contribution in [1.82, 2.24) is 9.80 Å². The third kappa shape index (κ3) is 5.66. The van der Waals surface area contributed by atoms with Gasteiger partial charge < -0.3 is 23.9 Å². The molecule has 0 radical (unpaired) electrons. The highest BCUT2D eigenvalue weighted by atomic mass is 16.5. The number of carbonyl (C=O) groups excluding carboxylic acids is 2. The molecule has 0 saturated carbocycles. The second-order valence-corrected chi connectivity index (χ2v) is 9.62. The van der Waals surface area contributed by atoms with Gasteiger partial charge >= 0.3 is 0 Å². The minimum atomic E-state index is -0.785. The molecule has 1 atom stereocenters. The molecule has 3 aromatic rings. The molecule has 2 aliphatic rings. The van der Waals surface area contributed by atoms with Crippen molar-refractivity contribution >= 4 is 17.4 Å². The van der Waals surface area contributed by atoms with Gasteiger partial charge in [-0.2, -0.15) is 0 Å². The number of benzene rings is 2. The normalized spacial score (nSPS) is 19.7. The number of likely N-dealkylation sites (tertiary alicyclic amines) is 1. The van der Waals surface area contributed by atoms with Crippen LogP contribution in [0.5, 0.6) is 5.75 Å². The van der Waals surface area contributed by atoms with Gasteiger partial charge in [0.1, 0.15) is 29.9 Å². The van der Waals surface area contributed by atoms with Crippen LogP contribution < -0.4 is 4.74 Å². The predicted octanol–water partition coefficient (Wildman–Crippen LogP) is 4.31. The average Bonchev–Trinajstić information content (AvgIpc) is 3.55. The number of carbonyl (C=O) groups is 2. The Morgan fingerprint density at radius 2 is 1.82 bits per heavy atom. The highest BCUT2D eigenvalue weighted by molar-refractivity contribution is 6.46. The van der Waals surface area contributed by atoms with Crippen LogP contribution in [-0.4, -0.2) is 66.0 Å². The van der Waals surface area contributed by atoms with E-state index in [1.807, 2.05) is 25.1 Å². The highest BCUT2D eigenvalue weighted by Crippen LogP contribution is 2.39. The first-order valence-corrected chi connectivity index (χ1v) is 12.9. The maximum absolute atomic E-state index is 13.2. The zero-order valence-electron chi connectivity index (χ0n) is 21.5. The summed E-state index contributed by atoms with van der Waals surface area (Å²) in [6, 6.07) is 17.6. The molecule has 0 unspecified atom stereocenters. The van der Waals surface area contributed by atoms with Crippen LogP contribution in [0.1, 0.15) is 34.9 Å². The number of hydrogen-bond donors (Lipinski definition) is 1. The number of amides is 1. The average molecular weight is 517 g/mol. The Bertz CT molecular complexity index is 1290. The van der Waals surface area contributed by atoms with Gasteiger partial charge in [0.2, 0.25) is 0 Å². The van der Waals surface area contributed by atoms with Crippen LogP contribution in [0.15, 0.2) is 76.9 Å². The van der Waals surface area contributed by atoms with Gasteiger partial charge in [0.25, 0.3) is 11.7 Å². The molecule has 8 nitrogen and oxygen atoms in total. The first-order chi connectivity index (χ1) is 18.5. The van der Waals surface area contributed by atoms with Crippen molar-refractivity contribution in [3.63, 3.8) is 0 Å². The van der Waals surface area contributed by atoms with Crippen LogP contribution in [0.25, 0.3) is 5.76 Å². The lowest BCUT2D eigenvalue weighted by atomic mass is 9.99. The van der Waals surface area contributed by atoms with Crippen LogP contribution >= 0.6 is 0 Å². The van der Waals surface area contributed by atoms with Gasteiger partial charge in [-0.1, -0.05) is 29.8 Å². The van der Waals surface area contributed by atoms with E-state index in [0.717, 1.165) is 30.8 Å². The topological polar surface area (TPSA) is 92.5 Å². The van der Waals surface area contributed by atoms with E-state index in [0.29, 0.717) is 49.9 Å². The van der Waals surface area contributed by atoms with Gasteiger partial charge in [-0.3, -0.25) is 14.5 Å². The molecule has 0 aliphatic carbocycles. The summed E-state index contributed by atoms with van der Waals surface area (Å²) in [5.74, 6) is -0.502. The Morgan fingerprint density at radius 3 is 2.53 bits per heavy atom. The fraction of sp³-hybridized carbons (Fsp3) is 0.333. The van der Waals surface area contributed by atoms with E-state index in [4.69, 9.17) is 13.9 Å². The van der Waals surface area contributed by atoms with Crippen molar-refractivity contribution in [2.75, 3.05) is 39.4 Å². The number of Topliss-reactive ketones (excluding diaryl/α,β-unsaturated/α-hetero) is 1. The number of rotatable bonds is 9. The minimum absolute atomic E-state index is 0.0322. The molecule has 1 amide bonds. The standard InChI is InChI=1S/C30H32N2O6/c1-21-5-2-6-22(19-21)20-38-24-10-8-23(9-11-24)28(33)26-27(25-7-3-16-37-25)32(30(35)29(26)34)13-4-12-31-14-17-36-18-15-31/h2-3,5-11,16,19,27,33H,4,12-15,17-18,20H2,1H3/t27-/m1/s1. The van der Waals surface area contributed by atoms with Gasteiger partial charge in [-0.05, 0) is 55.3 Å². The van der Waals surface area contributed by atoms with Crippen molar-refractivity contribution < 1.29 is 28.6 Å². The van der Waals surface area contributed by atoms with Crippen molar-refractivity contribution in [2.45, 2.75) is 26.0 Å². The monoisotopic (exact) mass is 516 g/mol. The van der Waals surface area contributed by atoms with E-state index in [2.05, 4.69) is 11.0 Å². The molecule has 1 aromatic heterocycles. The molecule has 2 fully saturated rings. The summed E-state index contributed by atoms with van der Waals surface area (Å²) in [4.78, 5) is 30.0. The van der Waals surface area contributed by atoms with Crippen LogP contribution in [0.2, 0.25) is 0 Å². The Balaban J connectivity index is 1.34. The molecule has 3 heterocycles. The molecule has 0 spiro atoms. The molecule has 0 bridgehead atoms. The maximum Gasteiger partial charge on any atom is 0.295 e. The van der Waals surface area contributed by atoms with E-state index in [9.17, 15) is 14.7 Å². The first-order valence-electron chi connectivity index (χ1n) is 12.9. The van der Waals surface area contributed by atoms with Crippen molar-refractivity contribution in [3.8, 4) is 5.75 Å². The fourth-order valence-electron chi connectivity index (χ4n) is 4.98. The Morgan fingerprint density at radius 1 is 1.03 bits per heavy atom. The van der Waals surface area contributed by atoms with E-state index >= 15 is 0 Å². The number of nitrogens with zero attached hydrogens (tertiary/aromatic N) is 2. The smallest absolute Gasteiger partial charge is 0.295 e. The number of ketones is 1. The van der Waals surface area contributed by atoms with E-state index in [1.54, 1.807) is 36.4 Å².